The number of nitrogens with two attached hydrogens (primary N) is 1. The summed E-state index contributed by atoms with van der Waals surface area (Å²) in [5.74, 6) is 1.46. The van der Waals surface area contributed by atoms with Crippen LogP contribution in [-0.2, 0) is 12.8 Å². The Morgan fingerprint density at radius 2 is 1.91 bits per heavy atom. The minimum atomic E-state index is 0. The van der Waals surface area contributed by atoms with Crippen molar-refractivity contribution >= 4 is 29.7 Å². The highest BCUT2D eigenvalue weighted by Crippen LogP contribution is 2.38. The summed E-state index contributed by atoms with van der Waals surface area (Å²) in [6.45, 7) is 1.81. The zero-order valence-corrected chi connectivity index (χ0v) is 15.3. The van der Waals surface area contributed by atoms with E-state index in [4.69, 9.17) is 5.73 Å². The molecule has 1 saturated heterocycles. The van der Waals surface area contributed by atoms with E-state index in [9.17, 15) is 4.79 Å². The van der Waals surface area contributed by atoms with E-state index < -0.39 is 0 Å². The summed E-state index contributed by atoms with van der Waals surface area (Å²) in [6, 6.07) is 2.51. The van der Waals surface area contributed by atoms with Crippen LogP contribution in [0.2, 0.25) is 0 Å². The standard InChI is InChI=1S/C18H26N2OS.ClH/c19-15-8-7-13-10-20(11-14(13)15)18(21)17-9-12-5-3-1-2-4-6-16(12)22-17;/h9,13-15H,1-8,10-11,19H2;1H. The van der Waals surface area contributed by atoms with Crippen LogP contribution in [0.1, 0.15) is 58.6 Å². The molecule has 0 bridgehead atoms. The van der Waals surface area contributed by atoms with E-state index in [1.165, 1.54) is 49.0 Å². The summed E-state index contributed by atoms with van der Waals surface area (Å²) >= 11 is 1.76. The Bertz CT molecular complexity index is 548. The van der Waals surface area contributed by atoms with Gasteiger partial charge in [0.15, 0.2) is 0 Å². The highest BCUT2D eigenvalue weighted by Gasteiger charge is 2.42. The first-order valence-corrected chi connectivity index (χ1v) is 9.70. The summed E-state index contributed by atoms with van der Waals surface area (Å²) in [5, 5.41) is 0. The molecule has 1 aromatic heterocycles. The number of nitrogens with zero attached hydrogens (tertiary/aromatic N) is 1. The molecule has 3 unspecified atom stereocenters. The first kappa shape index (κ1) is 17.2. The number of likely N-dealkylation sites (tertiary alicyclic amines) is 1. The molecule has 3 atom stereocenters. The van der Waals surface area contributed by atoms with Gasteiger partial charge in [0.1, 0.15) is 0 Å². The van der Waals surface area contributed by atoms with Crippen LogP contribution in [0, 0.1) is 11.8 Å². The van der Waals surface area contributed by atoms with Gasteiger partial charge >= 0.3 is 0 Å². The van der Waals surface area contributed by atoms with Crippen molar-refractivity contribution in [1.82, 2.24) is 4.90 Å². The van der Waals surface area contributed by atoms with Crippen LogP contribution in [0.25, 0.3) is 0 Å². The van der Waals surface area contributed by atoms with Crippen molar-refractivity contribution < 1.29 is 4.79 Å². The predicted octanol–water partition coefficient (Wildman–Crippen LogP) is 3.64. The van der Waals surface area contributed by atoms with Crippen molar-refractivity contribution in [1.29, 1.82) is 0 Å². The Morgan fingerprint density at radius 3 is 2.70 bits per heavy atom. The third kappa shape index (κ3) is 3.31. The number of amides is 1. The van der Waals surface area contributed by atoms with Gasteiger partial charge in [-0.1, -0.05) is 12.8 Å². The third-order valence-electron chi connectivity index (χ3n) is 5.91. The molecule has 23 heavy (non-hydrogen) atoms. The van der Waals surface area contributed by atoms with Crippen LogP contribution in [0.4, 0.5) is 0 Å². The van der Waals surface area contributed by atoms with Gasteiger partial charge in [-0.25, -0.2) is 0 Å². The quantitative estimate of drug-likeness (QED) is 0.836. The van der Waals surface area contributed by atoms with Crippen molar-refractivity contribution in [2.75, 3.05) is 13.1 Å². The number of halogens is 1. The van der Waals surface area contributed by atoms with E-state index in [-0.39, 0.29) is 18.3 Å². The van der Waals surface area contributed by atoms with Gasteiger partial charge in [0, 0.05) is 24.0 Å². The Morgan fingerprint density at radius 1 is 1.13 bits per heavy atom. The first-order valence-electron chi connectivity index (χ1n) is 8.89. The Hall–Kier alpha value is -0.580. The van der Waals surface area contributed by atoms with Crippen LogP contribution >= 0.6 is 23.7 Å². The van der Waals surface area contributed by atoms with Crippen molar-refractivity contribution in [2.45, 2.75) is 57.4 Å². The number of thiophene rings is 1. The SMILES string of the molecule is Cl.NC1CCC2CN(C(=O)c3cc4c(s3)CCCCCC4)CC12. The van der Waals surface area contributed by atoms with Gasteiger partial charge in [0.05, 0.1) is 4.88 Å². The molecule has 2 fully saturated rings. The molecule has 2 heterocycles. The van der Waals surface area contributed by atoms with Gasteiger partial charge in [0.25, 0.3) is 5.91 Å². The lowest BCUT2D eigenvalue weighted by Gasteiger charge is -2.17. The minimum absolute atomic E-state index is 0. The Labute approximate surface area is 149 Å². The van der Waals surface area contributed by atoms with E-state index >= 15 is 0 Å². The van der Waals surface area contributed by atoms with Crippen molar-refractivity contribution in [3.63, 3.8) is 0 Å². The molecular weight excluding hydrogens is 328 g/mol. The van der Waals surface area contributed by atoms with Crippen molar-refractivity contribution in [3.05, 3.63) is 21.4 Å². The lowest BCUT2D eigenvalue weighted by atomic mass is 9.98. The molecule has 1 amide bonds. The fraction of sp³-hybridized carbons (Fsp3) is 0.722. The molecule has 1 saturated carbocycles. The summed E-state index contributed by atoms with van der Waals surface area (Å²) < 4.78 is 0. The molecule has 1 aromatic rings. The van der Waals surface area contributed by atoms with Gasteiger partial charge in [-0.15, -0.1) is 23.7 Å². The number of rotatable bonds is 1. The van der Waals surface area contributed by atoms with Crippen LogP contribution in [0.5, 0.6) is 0 Å². The second-order valence-corrected chi connectivity index (χ2v) is 8.49. The molecule has 128 valence electrons. The lowest BCUT2D eigenvalue weighted by molar-refractivity contribution is 0.0784. The fourth-order valence-electron chi connectivity index (χ4n) is 4.58. The van der Waals surface area contributed by atoms with Gasteiger partial charge < -0.3 is 10.6 Å². The minimum Gasteiger partial charge on any atom is -0.337 e. The molecular formula is C18H27ClN2OS. The number of hydrogen-bond acceptors (Lipinski definition) is 3. The molecule has 3 nitrogen and oxygen atoms in total. The maximum Gasteiger partial charge on any atom is 0.263 e. The van der Waals surface area contributed by atoms with Crippen molar-refractivity contribution in [3.8, 4) is 0 Å². The van der Waals surface area contributed by atoms with E-state index in [1.54, 1.807) is 11.3 Å². The molecule has 0 spiro atoms. The van der Waals surface area contributed by atoms with E-state index in [1.807, 2.05) is 0 Å². The first-order chi connectivity index (χ1) is 10.7. The monoisotopic (exact) mass is 354 g/mol. The Balaban J connectivity index is 0.00000156. The topological polar surface area (TPSA) is 46.3 Å². The zero-order chi connectivity index (χ0) is 15.1. The molecule has 0 radical (unpaired) electrons. The molecule has 0 aromatic carbocycles. The van der Waals surface area contributed by atoms with Crippen LogP contribution < -0.4 is 5.73 Å². The average molecular weight is 355 g/mol. The van der Waals surface area contributed by atoms with E-state index in [2.05, 4.69) is 11.0 Å². The van der Waals surface area contributed by atoms with Gasteiger partial charge in [0.2, 0.25) is 0 Å². The van der Waals surface area contributed by atoms with Crippen LogP contribution in [0.15, 0.2) is 6.07 Å². The molecule has 2 aliphatic carbocycles. The van der Waals surface area contributed by atoms with E-state index in [0.29, 0.717) is 17.9 Å². The predicted molar refractivity (Wildman–Crippen MR) is 97.5 cm³/mol. The molecule has 4 rings (SSSR count). The zero-order valence-electron chi connectivity index (χ0n) is 13.6. The molecule has 2 N–H and O–H groups in total. The van der Waals surface area contributed by atoms with Crippen LogP contribution in [0.3, 0.4) is 0 Å². The second-order valence-electron chi connectivity index (χ2n) is 7.35. The highest BCUT2D eigenvalue weighted by molar-refractivity contribution is 7.14. The van der Waals surface area contributed by atoms with Gasteiger partial charge in [-0.05, 0) is 62.0 Å². The largest absolute Gasteiger partial charge is 0.337 e. The number of carbonyl (C=O) groups is 1. The molecule has 5 heteroatoms. The number of hydrogen-bond donors (Lipinski definition) is 1. The average Bonchev–Trinajstić information content (AvgIpc) is 3.15. The number of carbonyl (C=O) groups excluding carboxylic acids is 1. The number of aryl methyl sites for hydroxylation is 2. The smallest absolute Gasteiger partial charge is 0.263 e. The fourth-order valence-corrected chi connectivity index (χ4v) is 5.80. The summed E-state index contributed by atoms with van der Waals surface area (Å²) in [6.07, 6.45) is 9.92. The maximum absolute atomic E-state index is 12.9. The maximum atomic E-state index is 12.9. The molecule has 1 aliphatic heterocycles. The normalized spacial score (nSPS) is 30.1. The second kappa shape index (κ2) is 7.12. The lowest BCUT2D eigenvalue weighted by Crippen LogP contribution is -2.33. The Kier molecular flexibility index (Phi) is 5.34. The molecule has 3 aliphatic rings. The van der Waals surface area contributed by atoms with E-state index in [0.717, 1.165) is 30.8 Å². The highest BCUT2D eigenvalue weighted by atomic mass is 35.5. The summed E-state index contributed by atoms with van der Waals surface area (Å²) in [4.78, 5) is 17.4. The number of fused-ring (bicyclic) bond motifs is 2. The van der Waals surface area contributed by atoms with Gasteiger partial charge in [-0.3, -0.25) is 4.79 Å². The van der Waals surface area contributed by atoms with Crippen LogP contribution in [-0.4, -0.2) is 29.9 Å². The van der Waals surface area contributed by atoms with Crippen molar-refractivity contribution in [2.24, 2.45) is 17.6 Å². The third-order valence-corrected chi connectivity index (χ3v) is 7.13. The van der Waals surface area contributed by atoms with Gasteiger partial charge in [-0.2, -0.15) is 0 Å². The summed E-state index contributed by atoms with van der Waals surface area (Å²) in [7, 11) is 0. The summed E-state index contributed by atoms with van der Waals surface area (Å²) in [5.41, 5.74) is 7.65.